The Balaban J connectivity index is 2.55. The average molecular weight is 218 g/mol. The topological polar surface area (TPSA) is 35.8 Å². The molecular formula is C12H14N2S. The second kappa shape index (κ2) is 5.47. The standard InChI is InChI=1S/C12H14N2S/c1-9-3-4-11(7-10(9)2)8-14-12(15)5-6-13/h3-4,7H,5,8H2,1-2H3,(H,14,15). The molecule has 1 aromatic rings. The molecule has 1 rings (SSSR count). The maximum absolute atomic E-state index is 8.44. The molecule has 2 nitrogen and oxygen atoms in total. The normalized spacial score (nSPS) is 9.40. The summed E-state index contributed by atoms with van der Waals surface area (Å²) in [5.41, 5.74) is 3.76. The van der Waals surface area contributed by atoms with Crippen LogP contribution in [0, 0.1) is 25.2 Å². The van der Waals surface area contributed by atoms with E-state index in [-0.39, 0.29) is 0 Å². The number of rotatable bonds is 3. The van der Waals surface area contributed by atoms with Crippen molar-refractivity contribution in [1.29, 1.82) is 5.26 Å². The summed E-state index contributed by atoms with van der Waals surface area (Å²) >= 11 is 4.98. The van der Waals surface area contributed by atoms with E-state index in [0.717, 1.165) is 0 Å². The fourth-order valence-electron chi connectivity index (χ4n) is 1.25. The molecule has 0 bridgehead atoms. The molecule has 0 saturated carbocycles. The maximum Gasteiger partial charge on any atom is 0.0898 e. The summed E-state index contributed by atoms with van der Waals surface area (Å²) in [4.78, 5) is 0.607. The van der Waals surface area contributed by atoms with Gasteiger partial charge in [-0.3, -0.25) is 0 Å². The van der Waals surface area contributed by atoms with Crippen molar-refractivity contribution in [3.63, 3.8) is 0 Å². The Bertz CT molecular complexity index is 405. The third-order valence-electron chi connectivity index (χ3n) is 2.30. The Morgan fingerprint density at radius 1 is 1.40 bits per heavy atom. The Kier molecular flexibility index (Phi) is 4.26. The van der Waals surface area contributed by atoms with Gasteiger partial charge in [0.05, 0.1) is 17.5 Å². The van der Waals surface area contributed by atoms with Crippen molar-refractivity contribution in [2.24, 2.45) is 0 Å². The molecule has 1 N–H and O–H groups in total. The highest BCUT2D eigenvalue weighted by atomic mass is 32.1. The molecule has 0 aliphatic rings. The van der Waals surface area contributed by atoms with Crippen molar-refractivity contribution in [3.8, 4) is 6.07 Å². The molecule has 0 amide bonds. The highest BCUT2D eigenvalue weighted by Crippen LogP contribution is 2.09. The van der Waals surface area contributed by atoms with E-state index in [0.29, 0.717) is 18.0 Å². The molecule has 15 heavy (non-hydrogen) atoms. The molecule has 1 aromatic carbocycles. The van der Waals surface area contributed by atoms with Gasteiger partial charge in [-0.2, -0.15) is 5.26 Å². The summed E-state index contributed by atoms with van der Waals surface area (Å²) in [5, 5.41) is 11.5. The summed E-state index contributed by atoms with van der Waals surface area (Å²) in [7, 11) is 0. The first-order valence-corrected chi connectivity index (χ1v) is 5.24. The van der Waals surface area contributed by atoms with Crippen molar-refractivity contribution >= 4 is 17.2 Å². The van der Waals surface area contributed by atoms with Crippen molar-refractivity contribution in [2.45, 2.75) is 26.8 Å². The van der Waals surface area contributed by atoms with E-state index < -0.39 is 0 Å². The van der Waals surface area contributed by atoms with Crippen LogP contribution in [0.1, 0.15) is 23.1 Å². The zero-order valence-corrected chi connectivity index (χ0v) is 9.82. The number of thiocarbonyl (C=S) groups is 1. The SMILES string of the molecule is Cc1ccc(CNC(=S)CC#N)cc1C. The number of hydrogen-bond acceptors (Lipinski definition) is 2. The fraction of sp³-hybridized carbons (Fsp3) is 0.333. The third-order valence-corrected chi connectivity index (χ3v) is 2.59. The Labute approximate surface area is 95.9 Å². The summed E-state index contributed by atoms with van der Waals surface area (Å²) in [6.07, 6.45) is 0.292. The molecule has 0 saturated heterocycles. The van der Waals surface area contributed by atoms with Crippen LogP contribution in [-0.2, 0) is 6.54 Å². The molecule has 78 valence electrons. The average Bonchev–Trinajstić information content (AvgIpc) is 2.20. The van der Waals surface area contributed by atoms with E-state index in [2.05, 4.69) is 37.4 Å². The Morgan fingerprint density at radius 3 is 2.73 bits per heavy atom. The number of aryl methyl sites for hydroxylation is 2. The number of nitrogens with zero attached hydrogens (tertiary/aromatic N) is 1. The van der Waals surface area contributed by atoms with Crippen molar-refractivity contribution in [2.75, 3.05) is 0 Å². The molecule has 0 atom stereocenters. The second-order valence-electron chi connectivity index (χ2n) is 3.53. The van der Waals surface area contributed by atoms with Gasteiger partial charge in [0, 0.05) is 6.54 Å². The van der Waals surface area contributed by atoms with Gasteiger partial charge in [0.15, 0.2) is 0 Å². The summed E-state index contributed by atoms with van der Waals surface area (Å²) in [6, 6.07) is 8.33. The Hall–Kier alpha value is -1.40. The zero-order valence-electron chi connectivity index (χ0n) is 9.00. The molecule has 0 aliphatic heterocycles. The maximum atomic E-state index is 8.44. The molecule has 0 fully saturated rings. The highest BCUT2D eigenvalue weighted by molar-refractivity contribution is 7.80. The first-order valence-electron chi connectivity index (χ1n) is 4.83. The third kappa shape index (κ3) is 3.69. The molecule has 0 heterocycles. The van der Waals surface area contributed by atoms with Crippen LogP contribution >= 0.6 is 12.2 Å². The van der Waals surface area contributed by atoms with Crippen molar-refractivity contribution in [3.05, 3.63) is 34.9 Å². The first kappa shape index (κ1) is 11.7. The predicted octanol–water partition coefficient (Wildman–Crippen LogP) is 2.63. The lowest BCUT2D eigenvalue weighted by Gasteiger charge is -2.07. The molecule has 0 unspecified atom stereocenters. The van der Waals surface area contributed by atoms with E-state index in [9.17, 15) is 0 Å². The van der Waals surface area contributed by atoms with Gasteiger partial charge in [0.1, 0.15) is 0 Å². The number of hydrogen-bond donors (Lipinski definition) is 1. The summed E-state index contributed by atoms with van der Waals surface area (Å²) in [6.45, 7) is 4.88. The van der Waals surface area contributed by atoms with Crippen LogP contribution in [0.2, 0.25) is 0 Å². The van der Waals surface area contributed by atoms with Crippen LogP contribution in [0.3, 0.4) is 0 Å². The largest absolute Gasteiger partial charge is 0.375 e. The van der Waals surface area contributed by atoms with E-state index >= 15 is 0 Å². The monoisotopic (exact) mass is 218 g/mol. The van der Waals surface area contributed by atoms with Crippen molar-refractivity contribution in [1.82, 2.24) is 5.32 Å². The first-order chi connectivity index (χ1) is 7.13. The van der Waals surface area contributed by atoms with Gasteiger partial charge in [-0.15, -0.1) is 0 Å². The summed E-state index contributed by atoms with van der Waals surface area (Å²) < 4.78 is 0. The van der Waals surface area contributed by atoms with E-state index in [1.807, 2.05) is 6.07 Å². The highest BCUT2D eigenvalue weighted by Gasteiger charge is 1.98. The van der Waals surface area contributed by atoms with Crippen LogP contribution in [0.4, 0.5) is 0 Å². The lowest BCUT2D eigenvalue weighted by atomic mass is 10.1. The molecule has 0 aliphatic carbocycles. The molecular weight excluding hydrogens is 204 g/mol. The van der Waals surface area contributed by atoms with Gasteiger partial charge in [-0.1, -0.05) is 30.4 Å². The van der Waals surface area contributed by atoms with Gasteiger partial charge >= 0.3 is 0 Å². The van der Waals surface area contributed by atoms with Crippen LogP contribution in [0.5, 0.6) is 0 Å². The zero-order chi connectivity index (χ0) is 11.3. The smallest absolute Gasteiger partial charge is 0.0898 e. The Morgan fingerprint density at radius 2 is 2.13 bits per heavy atom. The number of nitriles is 1. The van der Waals surface area contributed by atoms with Gasteiger partial charge in [-0.25, -0.2) is 0 Å². The number of benzene rings is 1. The minimum Gasteiger partial charge on any atom is -0.375 e. The van der Waals surface area contributed by atoms with Crippen LogP contribution < -0.4 is 5.32 Å². The van der Waals surface area contributed by atoms with Gasteiger partial charge < -0.3 is 5.32 Å². The van der Waals surface area contributed by atoms with Crippen LogP contribution in [0.15, 0.2) is 18.2 Å². The molecule has 0 aromatic heterocycles. The number of nitrogens with one attached hydrogen (secondary N) is 1. The molecule has 0 radical (unpaired) electrons. The lowest BCUT2D eigenvalue weighted by molar-refractivity contribution is 0.913. The van der Waals surface area contributed by atoms with Crippen LogP contribution in [0.25, 0.3) is 0 Å². The van der Waals surface area contributed by atoms with E-state index in [1.54, 1.807) is 0 Å². The minimum absolute atomic E-state index is 0.292. The quantitative estimate of drug-likeness (QED) is 0.792. The molecule has 3 heteroatoms. The lowest BCUT2D eigenvalue weighted by Crippen LogP contribution is -2.20. The predicted molar refractivity (Wildman–Crippen MR) is 65.6 cm³/mol. The van der Waals surface area contributed by atoms with E-state index in [1.165, 1.54) is 16.7 Å². The second-order valence-corrected chi connectivity index (χ2v) is 4.02. The van der Waals surface area contributed by atoms with Gasteiger partial charge in [0.2, 0.25) is 0 Å². The molecule has 0 spiro atoms. The fourth-order valence-corrected chi connectivity index (χ4v) is 1.39. The van der Waals surface area contributed by atoms with Crippen molar-refractivity contribution < 1.29 is 0 Å². The van der Waals surface area contributed by atoms with Crippen LogP contribution in [-0.4, -0.2) is 4.99 Å². The van der Waals surface area contributed by atoms with Gasteiger partial charge in [-0.05, 0) is 30.5 Å². The van der Waals surface area contributed by atoms with E-state index in [4.69, 9.17) is 17.5 Å². The van der Waals surface area contributed by atoms with Gasteiger partial charge in [0.25, 0.3) is 0 Å². The minimum atomic E-state index is 0.292. The summed E-state index contributed by atoms with van der Waals surface area (Å²) in [5.74, 6) is 0.